The topological polar surface area (TPSA) is 59.3 Å². The van der Waals surface area contributed by atoms with Gasteiger partial charge in [-0.25, -0.2) is 8.42 Å². The number of phenols is 1. The third kappa shape index (κ3) is 2.04. The van der Waals surface area contributed by atoms with Gasteiger partial charge in [0.25, 0.3) is 0 Å². The molecule has 2 aromatic rings. The zero-order valence-electron chi connectivity index (χ0n) is 9.14. The molecule has 0 fully saturated rings. The molecule has 2 rings (SSSR count). The molecule has 0 spiro atoms. The van der Waals surface area contributed by atoms with Crippen LogP contribution in [0.15, 0.2) is 24.3 Å². The molecular weight excluding hydrogens is 226 g/mol. The Hall–Kier alpha value is -1.49. The minimum absolute atomic E-state index is 0.0128. The molecule has 0 aliphatic heterocycles. The first-order valence-corrected chi connectivity index (χ1v) is 6.88. The van der Waals surface area contributed by atoms with Gasteiger partial charge in [-0.05, 0) is 24.3 Å². The summed E-state index contributed by atoms with van der Waals surface area (Å²) in [7, 11) is -1.22. The number of fused-ring (bicyclic) bond motifs is 1. The fourth-order valence-corrected chi connectivity index (χ4v) is 2.62. The molecule has 0 atom stereocenters. The summed E-state index contributed by atoms with van der Waals surface area (Å²) in [5.41, 5.74) is 1.64. The van der Waals surface area contributed by atoms with Crippen molar-refractivity contribution in [1.29, 1.82) is 0 Å². The van der Waals surface area contributed by atoms with Crippen LogP contribution in [0.5, 0.6) is 5.75 Å². The summed E-state index contributed by atoms with van der Waals surface area (Å²) >= 11 is 0. The molecule has 0 radical (unpaired) electrons. The summed E-state index contributed by atoms with van der Waals surface area (Å²) in [6, 6.07) is 6.78. The number of nitrogens with zero attached hydrogens (tertiary/aromatic N) is 1. The first kappa shape index (κ1) is 11.0. The number of sulfone groups is 1. The number of rotatable bonds is 2. The van der Waals surface area contributed by atoms with Gasteiger partial charge in [-0.15, -0.1) is 0 Å². The van der Waals surface area contributed by atoms with Gasteiger partial charge in [0, 0.05) is 29.9 Å². The van der Waals surface area contributed by atoms with Crippen molar-refractivity contribution in [2.24, 2.45) is 7.05 Å². The fraction of sp³-hybridized carbons (Fsp3) is 0.273. The maximum atomic E-state index is 11.2. The smallest absolute Gasteiger partial charge is 0.153 e. The average Bonchev–Trinajstić information content (AvgIpc) is 2.40. The SMILES string of the molecule is Cn1c(CS(C)(=O)=O)cc2cc(O)ccc21. The normalized spacial score (nSPS) is 12.1. The van der Waals surface area contributed by atoms with E-state index in [1.165, 1.54) is 6.26 Å². The summed E-state index contributed by atoms with van der Waals surface area (Å²) in [4.78, 5) is 0. The molecule has 4 nitrogen and oxygen atoms in total. The molecule has 0 unspecified atom stereocenters. The van der Waals surface area contributed by atoms with Gasteiger partial charge in [-0.1, -0.05) is 0 Å². The largest absolute Gasteiger partial charge is 0.508 e. The van der Waals surface area contributed by atoms with Gasteiger partial charge in [0.05, 0.1) is 5.75 Å². The molecule has 1 aromatic carbocycles. The van der Waals surface area contributed by atoms with E-state index in [0.29, 0.717) is 0 Å². The lowest BCUT2D eigenvalue weighted by molar-refractivity contribution is 0.476. The highest BCUT2D eigenvalue weighted by Crippen LogP contribution is 2.23. The Morgan fingerprint density at radius 3 is 2.62 bits per heavy atom. The van der Waals surface area contributed by atoms with Gasteiger partial charge in [0.1, 0.15) is 5.75 Å². The summed E-state index contributed by atoms with van der Waals surface area (Å²) < 4.78 is 24.3. The standard InChI is InChI=1S/C11H13NO3S/c1-12-9(7-16(2,14)15)5-8-6-10(13)3-4-11(8)12/h3-6,13H,7H2,1-2H3. The number of hydrogen-bond donors (Lipinski definition) is 1. The van der Waals surface area contributed by atoms with Crippen molar-refractivity contribution < 1.29 is 13.5 Å². The van der Waals surface area contributed by atoms with Gasteiger partial charge >= 0.3 is 0 Å². The second kappa shape index (κ2) is 3.52. The molecule has 0 amide bonds. The second-order valence-electron chi connectivity index (χ2n) is 4.01. The van der Waals surface area contributed by atoms with Crippen LogP contribution >= 0.6 is 0 Å². The van der Waals surface area contributed by atoms with Crippen LogP contribution in [0.25, 0.3) is 10.9 Å². The van der Waals surface area contributed by atoms with Gasteiger partial charge < -0.3 is 9.67 Å². The van der Waals surface area contributed by atoms with E-state index in [9.17, 15) is 13.5 Å². The van der Waals surface area contributed by atoms with Crippen LogP contribution in [0, 0.1) is 0 Å². The average molecular weight is 239 g/mol. The summed E-state index contributed by atoms with van der Waals surface area (Å²) in [5, 5.41) is 10.2. The van der Waals surface area contributed by atoms with E-state index in [2.05, 4.69) is 0 Å². The van der Waals surface area contributed by atoms with E-state index in [0.717, 1.165) is 16.6 Å². The summed E-state index contributed by atoms with van der Waals surface area (Å²) in [5.74, 6) is 0.197. The molecule has 0 saturated carbocycles. The second-order valence-corrected chi connectivity index (χ2v) is 6.15. The highest BCUT2D eigenvalue weighted by Gasteiger charge is 2.11. The predicted octanol–water partition coefficient (Wildman–Crippen LogP) is 1.43. The van der Waals surface area contributed by atoms with Crippen LogP contribution < -0.4 is 0 Å². The lowest BCUT2D eigenvalue weighted by Gasteiger charge is -2.02. The summed E-state index contributed by atoms with van der Waals surface area (Å²) in [6.07, 6.45) is 1.21. The van der Waals surface area contributed by atoms with Crippen molar-refractivity contribution in [1.82, 2.24) is 4.57 Å². The van der Waals surface area contributed by atoms with Crippen molar-refractivity contribution in [2.75, 3.05) is 6.26 Å². The van der Waals surface area contributed by atoms with Crippen molar-refractivity contribution in [3.8, 4) is 5.75 Å². The van der Waals surface area contributed by atoms with Crippen LogP contribution in [-0.4, -0.2) is 24.3 Å². The lowest BCUT2D eigenvalue weighted by Crippen LogP contribution is -2.05. The Bertz CT molecular complexity index is 641. The van der Waals surface area contributed by atoms with Gasteiger partial charge in [0.2, 0.25) is 0 Å². The first-order valence-electron chi connectivity index (χ1n) is 4.82. The fourth-order valence-electron chi connectivity index (χ4n) is 1.80. The molecule has 0 bridgehead atoms. The number of aryl methyl sites for hydroxylation is 1. The Kier molecular flexibility index (Phi) is 2.42. The van der Waals surface area contributed by atoms with E-state index in [1.807, 2.05) is 11.6 Å². The van der Waals surface area contributed by atoms with Crippen molar-refractivity contribution in [3.05, 3.63) is 30.0 Å². The number of aromatic hydroxyl groups is 1. The molecule has 5 heteroatoms. The zero-order chi connectivity index (χ0) is 11.9. The maximum absolute atomic E-state index is 11.2. The van der Waals surface area contributed by atoms with Gasteiger partial charge in [-0.2, -0.15) is 0 Å². The number of phenolic OH excluding ortho intramolecular Hbond substituents is 1. The summed E-state index contributed by atoms with van der Waals surface area (Å²) in [6.45, 7) is 0. The van der Waals surface area contributed by atoms with Crippen LogP contribution in [0.1, 0.15) is 5.69 Å². The van der Waals surface area contributed by atoms with Gasteiger partial charge in [0.15, 0.2) is 9.84 Å². The molecule has 1 N–H and O–H groups in total. The monoisotopic (exact) mass is 239 g/mol. The zero-order valence-corrected chi connectivity index (χ0v) is 9.95. The van der Waals surface area contributed by atoms with E-state index < -0.39 is 9.84 Å². The molecule has 86 valence electrons. The number of aromatic nitrogens is 1. The van der Waals surface area contributed by atoms with Crippen LogP contribution in [-0.2, 0) is 22.6 Å². The Morgan fingerprint density at radius 1 is 1.31 bits per heavy atom. The van der Waals surface area contributed by atoms with E-state index in [1.54, 1.807) is 24.3 Å². The van der Waals surface area contributed by atoms with E-state index in [-0.39, 0.29) is 11.5 Å². The lowest BCUT2D eigenvalue weighted by atomic mass is 10.2. The third-order valence-electron chi connectivity index (χ3n) is 2.54. The number of hydrogen-bond acceptors (Lipinski definition) is 3. The molecule has 0 saturated heterocycles. The Morgan fingerprint density at radius 2 is 2.00 bits per heavy atom. The molecule has 16 heavy (non-hydrogen) atoms. The Balaban J connectivity index is 2.60. The number of benzene rings is 1. The van der Waals surface area contributed by atoms with E-state index in [4.69, 9.17) is 0 Å². The first-order chi connectivity index (χ1) is 7.37. The van der Waals surface area contributed by atoms with Crippen LogP contribution in [0.4, 0.5) is 0 Å². The molecule has 1 heterocycles. The minimum Gasteiger partial charge on any atom is -0.508 e. The van der Waals surface area contributed by atoms with Gasteiger partial charge in [-0.3, -0.25) is 0 Å². The molecule has 1 aromatic heterocycles. The third-order valence-corrected chi connectivity index (χ3v) is 3.36. The highest BCUT2D eigenvalue weighted by molar-refractivity contribution is 7.89. The molecule has 0 aliphatic carbocycles. The maximum Gasteiger partial charge on any atom is 0.153 e. The van der Waals surface area contributed by atoms with Crippen LogP contribution in [0.3, 0.4) is 0 Å². The van der Waals surface area contributed by atoms with Crippen molar-refractivity contribution >= 4 is 20.7 Å². The quantitative estimate of drug-likeness (QED) is 0.862. The Labute approximate surface area is 94.0 Å². The molecule has 0 aliphatic rings. The predicted molar refractivity (Wildman–Crippen MR) is 63.1 cm³/mol. The van der Waals surface area contributed by atoms with Crippen molar-refractivity contribution in [3.63, 3.8) is 0 Å². The van der Waals surface area contributed by atoms with Crippen molar-refractivity contribution in [2.45, 2.75) is 5.75 Å². The van der Waals surface area contributed by atoms with E-state index >= 15 is 0 Å². The minimum atomic E-state index is -3.04. The highest BCUT2D eigenvalue weighted by atomic mass is 32.2. The molecular formula is C11H13NO3S. The van der Waals surface area contributed by atoms with Crippen LogP contribution in [0.2, 0.25) is 0 Å².